The molecule has 86 valence electrons. The van der Waals surface area contributed by atoms with Crippen molar-refractivity contribution in [1.29, 1.82) is 0 Å². The Kier molecular flexibility index (Phi) is 5.68. The minimum Gasteiger partial charge on any atom is -0.508 e. The van der Waals surface area contributed by atoms with Crippen LogP contribution in [0.15, 0.2) is 24.3 Å². The van der Waals surface area contributed by atoms with Gasteiger partial charge in [0.1, 0.15) is 5.75 Å². The van der Waals surface area contributed by atoms with Crippen molar-refractivity contribution in [3.05, 3.63) is 24.3 Å². The lowest BCUT2D eigenvalue weighted by molar-refractivity contribution is 0.381. The molecule has 0 amide bonds. The van der Waals surface area contributed by atoms with Gasteiger partial charge in [-0.15, -0.1) is 0 Å². The monoisotopic (exact) mass is 235 g/mol. The van der Waals surface area contributed by atoms with Gasteiger partial charge in [-0.25, -0.2) is 0 Å². The van der Waals surface area contributed by atoms with Crippen LogP contribution in [0, 0.1) is 0 Å². The fraction of sp³-hybridized carbons (Fsp3) is 0.250. The third-order valence-electron chi connectivity index (χ3n) is 1.25. The number of aromatic hydroxyl groups is 1. The molecule has 7 heteroatoms. The van der Waals surface area contributed by atoms with Crippen LogP contribution in [0.25, 0.3) is 0 Å². The molecule has 0 unspecified atom stereocenters. The van der Waals surface area contributed by atoms with E-state index in [1.165, 1.54) is 0 Å². The Labute approximate surface area is 88.1 Å². The molecule has 0 bridgehead atoms. The highest BCUT2D eigenvalue weighted by Gasteiger charge is 1.87. The molecule has 0 saturated carbocycles. The first-order valence-electron chi connectivity index (χ1n) is 4.05. The second-order valence-electron chi connectivity index (χ2n) is 2.53. The number of phenolic OH excluding ortho intramolecular Hbond substituents is 1. The molecule has 0 spiro atoms. The zero-order chi connectivity index (χ0) is 11.9. The van der Waals surface area contributed by atoms with E-state index in [1.807, 2.05) is 19.1 Å². The van der Waals surface area contributed by atoms with Gasteiger partial charge in [-0.2, -0.15) is 8.42 Å². The standard InChI is InChI=1S/C8H11NO.H2O4S/c1-2-9-7-3-5-8(10)6-4-7;1-5(2,3)4/h3-6,9-10H,2H2,1H3;(H2,1,2,3,4). The quantitative estimate of drug-likeness (QED) is 0.453. The summed E-state index contributed by atoms with van der Waals surface area (Å²) in [5.41, 5.74) is 1.04. The highest BCUT2D eigenvalue weighted by molar-refractivity contribution is 7.79. The lowest BCUT2D eigenvalue weighted by atomic mass is 10.3. The first-order valence-corrected chi connectivity index (χ1v) is 5.45. The second-order valence-corrected chi connectivity index (χ2v) is 3.42. The van der Waals surface area contributed by atoms with Crippen molar-refractivity contribution in [2.24, 2.45) is 0 Å². The van der Waals surface area contributed by atoms with Crippen LogP contribution in [0.4, 0.5) is 5.69 Å². The molecule has 0 aromatic heterocycles. The molecule has 0 atom stereocenters. The normalized spacial score (nSPS) is 10.1. The van der Waals surface area contributed by atoms with Crippen LogP contribution in [0.3, 0.4) is 0 Å². The number of phenols is 1. The van der Waals surface area contributed by atoms with Gasteiger partial charge in [-0.1, -0.05) is 0 Å². The molecule has 0 aliphatic rings. The second kappa shape index (κ2) is 6.23. The van der Waals surface area contributed by atoms with E-state index in [4.69, 9.17) is 22.6 Å². The summed E-state index contributed by atoms with van der Waals surface area (Å²) < 4.78 is 31.6. The van der Waals surface area contributed by atoms with Crippen molar-refractivity contribution < 1.29 is 22.6 Å². The van der Waals surface area contributed by atoms with E-state index in [0.29, 0.717) is 5.75 Å². The van der Waals surface area contributed by atoms with E-state index < -0.39 is 10.4 Å². The van der Waals surface area contributed by atoms with E-state index in [2.05, 4.69) is 5.32 Å². The van der Waals surface area contributed by atoms with Gasteiger partial charge in [-0.05, 0) is 31.2 Å². The molecule has 15 heavy (non-hydrogen) atoms. The number of anilines is 1. The van der Waals surface area contributed by atoms with Gasteiger partial charge in [0.15, 0.2) is 0 Å². The van der Waals surface area contributed by atoms with Crippen LogP contribution >= 0.6 is 0 Å². The predicted octanol–water partition coefficient (Wildman–Crippen LogP) is 1.17. The highest BCUT2D eigenvalue weighted by Crippen LogP contribution is 2.12. The zero-order valence-electron chi connectivity index (χ0n) is 8.08. The Bertz CT molecular complexity index is 365. The van der Waals surface area contributed by atoms with Crippen LogP contribution in [0.2, 0.25) is 0 Å². The molecule has 1 rings (SSSR count). The molecule has 0 saturated heterocycles. The van der Waals surface area contributed by atoms with E-state index >= 15 is 0 Å². The van der Waals surface area contributed by atoms with Gasteiger partial charge >= 0.3 is 10.4 Å². The topological polar surface area (TPSA) is 107 Å². The SMILES string of the molecule is CCNc1ccc(O)cc1.O=S(=O)(O)O. The first kappa shape index (κ1) is 13.7. The van der Waals surface area contributed by atoms with Gasteiger partial charge in [0.05, 0.1) is 0 Å². The molecule has 0 aliphatic heterocycles. The van der Waals surface area contributed by atoms with Crippen molar-refractivity contribution >= 4 is 16.1 Å². The highest BCUT2D eigenvalue weighted by atomic mass is 32.3. The van der Waals surface area contributed by atoms with Crippen molar-refractivity contribution in [3.63, 3.8) is 0 Å². The maximum atomic E-state index is 8.90. The number of benzene rings is 1. The molecule has 1 aromatic rings. The summed E-state index contributed by atoms with van der Waals surface area (Å²) in [7, 11) is -4.67. The van der Waals surface area contributed by atoms with E-state index in [9.17, 15) is 0 Å². The predicted molar refractivity (Wildman–Crippen MR) is 56.4 cm³/mol. The van der Waals surface area contributed by atoms with Gasteiger partial charge in [0.2, 0.25) is 0 Å². The summed E-state index contributed by atoms with van der Waals surface area (Å²) in [5, 5.41) is 12.0. The van der Waals surface area contributed by atoms with Gasteiger partial charge in [0, 0.05) is 12.2 Å². The lowest BCUT2D eigenvalue weighted by Crippen LogP contribution is -1.94. The minimum absolute atomic E-state index is 0.307. The summed E-state index contributed by atoms with van der Waals surface area (Å²) in [6, 6.07) is 7.02. The summed E-state index contributed by atoms with van der Waals surface area (Å²) >= 11 is 0. The number of rotatable bonds is 2. The number of hydrogen-bond donors (Lipinski definition) is 4. The van der Waals surface area contributed by atoms with Gasteiger partial charge < -0.3 is 10.4 Å². The minimum atomic E-state index is -4.67. The number of nitrogens with one attached hydrogen (secondary N) is 1. The van der Waals surface area contributed by atoms with Crippen molar-refractivity contribution in [2.75, 3.05) is 11.9 Å². The lowest BCUT2D eigenvalue weighted by Gasteiger charge is -2.00. The average Bonchev–Trinajstić information content (AvgIpc) is 2.06. The van der Waals surface area contributed by atoms with Gasteiger partial charge in [0.25, 0.3) is 0 Å². The van der Waals surface area contributed by atoms with E-state index in [-0.39, 0.29) is 0 Å². The summed E-state index contributed by atoms with van der Waals surface area (Å²) in [5.74, 6) is 0.307. The molecule has 0 radical (unpaired) electrons. The van der Waals surface area contributed by atoms with Crippen LogP contribution in [0.1, 0.15) is 6.92 Å². The molecule has 0 heterocycles. The van der Waals surface area contributed by atoms with Crippen molar-refractivity contribution in [1.82, 2.24) is 0 Å². The molecule has 1 aromatic carbocycles. The van der Waals surface area contributed by atoms with E-state index in [1.54, 1.807) is 12.1 Å². The Morgan fingerprint density at radius 1 is 1.20 bits per heavy atom. The number of hydrogen-bond acceptors (Lipinski definition) is 4. The van der Waals surface area contributed by atoms with Crippen molar-refractivity contribution in [3.8, 4) is 5.75 Å². The van der Waals surface area contributed by atoms with Crippen LogP contribution in [-0.2, 0) is 10.4 Å². The maximum Gasteiger partial charge on any atom is 0.394 e. The molecule has 6 nitrogen and oxygen atoms in total. The fourth-order valence-corrected chi connectivity index (χ4v) is 0.783. The van der Waals surface area contributed by atoms with E-state index in [0.717, 1.165) is 12.2 Å². The Morgan fingerprint density at radius 2 is 1.60 bits per heavy atom. The maximum absolute atomic E-state index is 8.90. The van der Waals surface area contributed by atoms with Crippen molar-refractivity contribution in [2.45, 2.75) is 6.92 Å². The molecule has 0 aliphatic carbocycles. The summed E-state index contributed by atoms with van der Waals surface area (Å²) in [6.45, 7) is 2.94. The fourth-order valence-electron chi connectivity index (χ4n) is 0.783. The Balaban J connectivity index is 0.000000336. The Hall–Kier alpha value is -1.31. The third kappa shape index (κ3) is 10.6. The smallest absolute Gasteiger partial charge is 0.394 e. The summed E-state index contributed by atoms with van der Waals surface area (Å²) in [6.07, 6.45) is 0. The molecule has 4 N–H and O–H groups in total. The molecule has 0 fully saturated rings. The first-order chi connectivity index (χ1) is 6.83. The molecular weight excluding hydrogens is 222 g/mol. The van der Waals surface area contributed by atoms with Crippen LogP contribution < -0.4 is 5.32 Å². The van der Waals surface area contributed by atoms with Crippen LogP contribution in [-0.4, -0.2) is 29.2 Å². The van der Waals surface area contributed by atoms with Crippen LogP contribution in [0.5, 0.6) is 5.75 Å². The Morgan fingerprint density at radius 3 is 1.93 bits per heavy atom. The van der Waals surface area contributed by atoms with Gasteiger partial charge in [-0.3, -0.25) is 9.11 Å². The molecular formula is C8H13NO5S. The third-order valence-corrected chi connectivity index (χ3v) is 1.25. The zero-order valence-corrected chi connectivity index (χ0v) is 8.90. The largest absolute Gasteiger partial charge is 0.508 e. The summed E-state index contributed by atoms with van der Waals surface area (Å²) in [4.78, 5) is 0. The average molecular weight is 235 g/mol.